The number of guanidine groups is 1. The van der Waals surface area contributed by atoms with Crippen LogP contribution >= 0.6 is 39.9 Å². The molecule has 0 saturated carbocycles. The van der Waals surface area contributed by atoms with Gasteiger partial charge in [-0.3, -0.25) is 4.90 Å². The summed E-state index contributed by atoms with van der Waals surface area (Å²) in [7, 11) is 0. The largest absolute Gasteiger partial charge is 0.444 e. The number of aryl methyl sites for hydroxylation is 2. The molecule has 1 saturated heterocycles. The predicted molar refractivity (Wildman–Crippen MR) is 132 cm³/mol. The van der Waals surface area contributed by atoms with Gasteiger partial charge in [-0.05, 0) is 51.3 Å². The molecule has 2 heterocycles. The van der Waals surface area contributed by atoms with Crippen molar-refractivity contribution in [3.63, 3.8) is 0 Å². The fraction of sp³-hybridized carbons (Fsp3) is 0.524. The molecule has 0 bridgehead atoms. The molecule has 8 heteroatoms. The number of aliphatic imine (C=N–C) groups is 1. The molecule has 0 amide bonds. The van der Waals surface area contributed by atoms with Crippen LogP contribution in [0.1, 0.15) is 42.7 Å². The van der Waals surface area contributed by atoms with Crippen molar-refractivity contribution in [2.75, 3.05) is 19.6 Å². The second kappa shape index (κ2) is 11.9. The number of likely N-dealkylation sites (tertiary alicyclic amines) is 1. The number of rotatable bonds is 6. The third-order valence-corrected chi connectivity index (χ3v) is 5.57. The number of benzene rings is 1. The number of nitrogens with one attached hydrogen (secondary N) is 2. The van der Waals surface area contributed by atoms with Gasteiger partial charge in [-0.25, -0.2) is 9.98 Å². The standard InChI is InChI=1S/C21H30BrN5O.HI/c1-4-23-21(24-13-20-25-15(2)16(3)28-20)26-19-9-11-27(12-10-19)14-17-5-7-18(22)8-6-17;/h5-8,19H,4,9-14H2,1-3H3,(H2,23,24,26);1H. The Kier molecular flexibility index (Phi) is 9.91. The van der Waals surface area contributed by atoms with Gasteiger partial charge in [-0.1, -0.05) is 28.1 Å². The van der Waals surface area contributed by atoms with E-state index in [2.05, 4.69) is 72.6 Å². The highest BCUT2D eigenvalue weighted by atomic mass is 127. The van der Waals surface area contributed by atoms with Crippen LogP contribution in [-0.2, 0) is 13.1 Å². The van der Waals surface area contributed by atoms with E-state index < -0.39 is 0 Å². The molecule has 1 fully saturated rings. The van der Waals surface area contributed by atoms with Crippen molar-refractivity contribution in [1.29, 1.82) is 0 Å². The number of hydrogen-bond donors (Lipinski definition) is 2. The van der Waals surface area contributed by atoms with E-state index >= 15 is 0 Å². The van der Waals surface area contributed by atoms with Crippen LogP contribution in [0.5, 0.6) is 0 Å². The van der Waals surface area contributed by atoms with Crippen molar-refractivity contribution in [2.24, 2.45) is 4.99 Å². The highest BCUT2D eigenvalue weighted by molar-refractivity contribution is 14.0. The highest BCUT2D eigenvalue weighted by Crippen LogP contribution is 2.16. The van der Waals surface area contributed by atoms with Crippen molar-refractivity contribution in [3.8, 4) is 0 Å². The Morgan fingerprint density at radius 2 is 1.93 bits per heavy atom. The summed E-state index contributed by atoms with van der Waals surface area (Å²) in [5.74, 6) is 2.36. The van der Waals surface area contributed by atoms with E-state index in [9.17, 15) is 0 Å². The smallest absolute Gasteiger partial charge is 0.216 e. The molecule has 0 radical (unpaired) electrons. The summed E-state index contributed by atoms with van der Waals surface area (Å²) < 4.78 is 6.76. The molecule has 29 heavy (non-hydrogen) atoms. The third-order valence-electron chi connectivity index (χ3n) is 5.04. The van der Waals surface area contributed by atoms with Crippen molar-refractivity contribution in [2.45, 2.75) is 52.7 Å². The van der Waals surface area contributed by atoms with Gasteiger partial charge < -0.3 is 15.1 Å². The summed E-state index contributed by atoms with van der Waals surface area (Å²) in [5, 5.41) is 6.91. The molecule has 0 aliphatic carbocycles. The lowest BCUT2D eigenvalue weighted by molar-refractivity contribution is 0.198. The van der Waals surface area contributed by atoms with Crippen LogP contribution < -0.4 is 10.6 Å². The van der Waals surface area contributed by atoms with E-state index in [0.29, 0.717) is 18.5 Å². The minimum atomic E-state index is 0. The normalized spacial score (nSPS) is 15.8. The van der Waals surface area contributed by atoms with Crippen LogP contribution in [-0.4, -0.2) is 41.5 Å². The van der Waals surface area contributed by atoms with Crippen LogP contribution in [0.25, 0.3) is 0 Å². The minimum absolute atomic E-state index is 0. The van der Waals surface area contributed by atoms with E-state index in [-0.39, 0.29) is 24.0 Å². The first-order valence-electron chi connectivity index (χ1n) is 9.98. The summed E-state index contributed by atoms with van der Waals surface area (Å²) >= 11 is 3.50. The molecule has 1 aromatic carbocycles. The second-order valence-electron chi connectivity index (χ2n) is 7.27. The minimum Gasteiger partial charge on any atom is -0.444 e. The van der Waals surface area contributed by atoms with E-state index in [1.54, 1.807) is 0 Å². The van der Waals surface area contributed by atoms with Gasteiger partial charge in [0.15, 0.2) is 5.96 Å². The number of oxazole rings is 1. The van der Waals surface area contributed by atoms with Gasteiger partial charge in [0.2, 0.25) is 5.89 Å². The average molecular weight is 576 g/mol. The zero-order chi connectivity index (χ0) is 19.9. The second-order valence-corrected chi connectivity index (χ2v) is 8.18. The Bertz CT molecular complexity index is 765. The van der Waals surface area contributed by atoms with Gasteiger partial charge in [0.1, 0.15) is 12.3 Å². The molecule has 6 nitrogen and oxygen atoms in total. The fourth-order valence-electron chi connectivity index (χ4n) is 3.35. The molecule has 1 aliphatic heterocycles. The summed E-state index contributed by atoms with van der Waals surface area (Å²) in [4.78, 5) is 11.6. The van der Waals surface area contributed by atoms with Crippen molar-refractivity contribution in [3.05, 3.63) is 51.6 Å². The number of nitrogens with zero attached hydrogens (tertiary/aromatic N) is 3. The number of halogens is 2. The molecular formula is C21H31BrIN5O. The first kappa shape index (κ1) is 24.1. The van der Waals surface area contributed by atoms with Gasteiger partial charge in [0.05, 0.1) is 5.69 Å². The summed E-state index contributed by atoms with van der Waals surface area (Å²) in [5.41, 5.74) is 2.29. The summed E-state index contributed by atoms with van der Waals surface area (Å²) in [6.45, 7) is 10.4. The number of aromatic nitrogens is 1. The monoisotopic (exact) mass is 575 g/mol. The maximum atomic E-state index is 5.63. The molecule has 3 rings (SSSR count). The number of hydrogen-bond acceptors (Lipinski definition) is 4. The molecule has 0 spiro atoms. The van der Waals surface area contributed by atoms with Gasteiger partial charge in [0, 0.05) is 36.7 Å². The Labute approximate surface area is 199 Å². The number of piperidine rings is 1. The zero-order valence-electron chi connectivity index (χ0n) is 17.4. The van der Waals surface area contributed by atoms with Crippen LogP contribution in [0.4, 0.5) is 0 Å². The Balaban J connectivity index is 0.00000300. The van der Waals surface area contributed by atoms with Gasteiger partial charge >= 0.3 is 0 Å². The zero-order valence-corrected chi connectivity index (χ0v) is 21.3. The van der Waals surface area contributed by atoms with Gasteiger partial charge in [-0.15, -0.1) is 24.0 Å². The predicted octanol–water partition coefficient (Wildman–Crippen LogP) is 4.39. The SMILES string of the molecule is CCNC(=NCc1nc(C)c(C)o1)NC1CCN(Cc2ccc(Br)cc2)CC1.I. The Hall–Kier alpha value is -1.13. The lowest BCUT2D eigenvalue weighted by Gasteiger charge is -2.33. The van der Waals surface area contributed by atoms with E-state index in [4.69, 9.17) is 4.42 Å². The van der Waals surface area contributed by atoms with Crippen LogP contribution in [0, 0.1) is 13.8 Å². The van der Waals surface area contributed by atoms with E-state index in [1.165, 1.54) is 5.56 Å². The molecule has 160 valence electrons. The molecule has 0 atom stereocenters. The first-order chi connectivity index (χ1) is 13.5. The fourth-order valence-corrected chi connectivity index (χ4v) is 3.61. The molecule has 2 aromatic rings. The van der Waals surface area contributed by atoms with Crippen molar-refractivity contribution >= 4 is 45.9 Å². The van der Waals surface area contributed by atoms with E-state index in [1.807, 2.05) is 13.8 Å². The Morgan fingerprint density at radius 3 is 2.52 bits per heavy atom. The lowest BCUT2D eigenvalue weighted by atomic mass is 10.0. The van der Waals surface area contributed by atoms with Gasteiger partial charge in [0.25, 0.3) is 0 Å². The summed E-state index contributed by atoms with van der Waals surface area (Å²) in [6, 6.07) is 9.04. The van der Waals surface area contributed by atoms with Gasteiger partial charge in [-0.2, -0.15) is 0 Å². The van der Waals surface area contributed by atoms with Crippen LogP contribution in [0.3, 0.4) is 0 Å². The molecular weight excluding hydrogens is 545 g/mol. The molecule has 1 aliphatic rings. The van der Waals surface area contributed by atoms with Crippen LogP contribution in [0.2, 0.25) is 0 Å². The van der Waals surface area contributed by atoms with E-state index in [0.717, 1.165) is 60.9 Å². The molecule has 0 unspecified atom stereocenters. The van der Waals surface area contributed by atoms with Crippen molar-refractivity contribution in [1.82, 2.24) is 20.5 Å². The topological polar surface area (TPSA) is 65.7 Å². The first-order valence-corrected chi connectivity index (χ1v) is 10.8. The molecule has 2 N–H and O–H groups in total. The molecule has 1 aromatic heterocycles. The van der Waals surface area contributed by atoms with Crippen molar-refractivity contribution < 1.29 is 4.42 Å². The third kappa shape index (κ3) is 7.57. The highest BCUT2D eigenvalue weighted by Gasteiger charge is 2.20. The lowest BCUT2D eigenvalue weighted by Crippen LogP contribution is -2.48. The summed E-state index contributed by atoms with van der Waals surface area (Å²) in [6.07, 6.45) is 2.22. The maximum absolute atomic E-state index is 5.63. The maximum Gasteiger partial charge on any atom is 0.216 e. The van der Waals surface area contributed by atoms with Crippen LogP contribution in [0.15, 0.2) is 38.1 Å². The Morgan fingerprint density at radius 1 is 1.24 bits per heavy atom. The average Bonchev–Trinajstić information content (AvgIpc) is 3.01. The quantitative estimate of drug-likeness (QED) is 0.304.